The van der Waals surface area contributed by atoms with Gasteiger partial charge in [-0.05, 0) is 52.1 Å². The summed E-state index contributed by atoms with van der Waals surface area (Å²) in [5, 5.41) is 19.9. The molecule has 0 aromatic heterocycles. The van der Waals surface area contributed by atoms with Crippen molar-refractivity contribution in [2.24, 2.45) is 0 Å². The normalized spacial score (nSPS) is 21.3. The highest BCUT2D eigenvalue weighted by atomic mass is 16.3. The first kappa shape index (κ1) is 18.9. The number of hydrogen-bond acceptors (Lipinski definition) is 2. The number of hydrogen-bond donors (Lipinski definition) is 2. The van der Waals surface area contributed by atoms with Gasteiger partial charge in [0.15, 0.2) is 0 Å². The molecule has 0 unspecified atom stereocenters. The monoisotopic (exact) mass is 350 g/mol. The van der Waals surface area contributed by atoms with Gasteiger partial charge in [-0.3, -0.25) is 0 Å². The molecule has 26 heavy (non-hydrogen) atoms. The van der Waals surface area contributed by atoms with E-state index >= 15 is 0 Å². The summed E-state index contributed by atoms with van der Waals surface area (Å²) in [4.78, 5) is 0. The zero-order valence-corrected chi connectivity index (χ0v) is 16.5. The average molecular weight is 351 g/mol. The molecule has 0 amide bonds. The quantitative estimate of drug-likeness (QED) is 0.760. The number of fused-ring (bicyclic) bond motifs is 1. The first-order valence-electron chi connectivity index (χ1n) is 9.37. The second kappa shape index (κ2) is 6.68. The lowest BCUT2D eigenvalue weighted by molar-refractivity contribution is 0.0583. The minimum atomic E-state index is -0.337. The molecule has 0 saturated heterocycles. The summed E-state index contributed by atoms with van der Waals surface area (Å²) in [6, 6.07) is 14.7. The van der Waals surface area contributed by atoms with Gasteiger partial charge >= 0.3 is 0 Å². The molecule has 2 aromatic carbocycles. The zero-order chi connectivity index (χ0) is 19.1. The minimum absolute atomic E-state index is 0.0133. The van der Waals surface area contributed by atoms with E-state index < -0.39 is 0 Å². The zero-order valence-electron chi connectivity index (χ0n) is 16.5. The minimum Gasteiger partial charge on any atom is -0.392 e. The average Bonchev–Trinajstić information content (AvgIpc) is 2.60. The number of rotatable bonds is 3. The molecule has 0 aliphatic heterocycles. The van der Waals surface area contributed by atoms with Crippen LogP contribution in [0.15, 0.2) is 42.5 Å². The van der Waals surface area contributed by atoms with E-state index in [1.807, 2.05) is 24.3 Å². The van der Waals surface area contributed by atoms with Gasteiger partial charge in [-0.25, -0.2) is 0 Å². The second-order valence-electron chi connectivity index (χ2n) is 8.81. The summed E-state index contributed by atoms with van der Waals surface area (Å²) < 4.78 is 0. The predicted molar refractivity (Wildman–Crippen MR) is 109 cm³/mol. The maximum absolute atomic E-state index is 10.7. The molecule has 3 rings (SSSR count). The van der Waals surface area contributed by atoms with Crippen molar-refractivity contribution < 1.29 is 10.2 Å². The SMILES string of the molecule is C/C(=C\c1ccc(CO)cc1)c1ccc2c(c1)C(C)(C)[C@@H](O)CC2(C)C. The van der Waals surface area contributed by atoms with Gasteiger partial charge in [-0.2, -0.15) is 0 Å². The molecule has 0 bridgehead atoms. The van der Waals surface area contributed by atoms with Crippen LogP contribution in [0.1, 0.15) is 68.9 Å². The first-order valence-corrected chi connectivity index (χ1v) is 9.37. The Morgan fingerprint density at radius 2 is 1.69 bits per heavy atom. The molecular weight excluding hydrogens is 320 g/mol. The fourth-order valence-corrected chi connectivity index (χ4v) is 3.99. The lowest BCUT2D eigenvalue weighted by atomic mass is 9.61. The van der Waals surface area contributed by atoms with Crippen molar-refractivity contribution in [3.8, 4) is 0 Å². The van der Waals surface area contributed by atoms with Crippen LogP contribution in [-0.4, -0.2) is 16.3 Å². The third kappa shape index (κ3) is 3.36. The Kier molecular flexibility index (Phi) is 4.85. The second-order valence-corrected chi connectivity index (χ2v) is 8.81. The van der Waals surface area contributed by atoms with Crippen molar-refractivity contribution in [3.05, 3.63) is 70.3 Å². The first-order chi connectivity index (χ1) is 12.1. The summed E-state index contributed by atoms with van der Waals surface area (Å²) in [6.07, 6.45) is 2.62. The van der Waals surface area contributed by atoms with Crippen molar-refractivity contribution in [2.45, 2.75) is 64.6 Å². The molecule has 0 fully saturated rings. The van der Waals surface area contributed by atoms with Gasteiger partial charge in [0.05, 0.1) is 12.7 Å². The Labute approximate surface area is 157 Å². The topological polar surface area (TPSA) is 40.5 Å². The van der Waals surface area contributed by atoms with Gasteiger partial charge < -0.3 is 10.2 Å². The molecule has 0 heterocycles. The Bertz CT molecular complexity index is 826. The molecule has 1 aliphatic rings. The van der Waals surface area contributed by atoms with E-state index in [1.165, 1.54) is 22.3 Å². The highest BCUT2D eigenvalue weighted by molar-refractivity contribution is 5.80. The Balaban J connectivity index is 2.02. The highest BCUT2D eigenvalue weighted by Crippen LogP contribution is 2.46. The highest BCUT2D eigenvalue weighted by Gasteiger charge is 2.43. The van der Waals surface area contributed by atoms with Crippen molar-refractivity contribution in [2.75, 3.05) is 0 Å². The van der Waals surface area contributed by atoms with E-state index in [-0.39, 0.29) is 23.5 Å². The molecular formula is C24H30O2. The molecule has 0 spiro atoms. The maximum Gasteiger partial charge on any atom is 0.0681 e. The third-order valence-electron chi connectivity index (χ3n) is 5.98. The molecule has 0 radical (unpaired) electrons. The molecule has 2 nitrogen and oxygen atoms in total. The smallest absolute Gasteiger partial charge is 0.0681 e. The Morgan fingerprint density at radius 3 is 2.31 bits per heavy atom. The van der Waals surface area contributed by atoms with Gasteiger partial charge in [0.2, 0.25) is 0 Å². The van der Waals surface area contributed by atoms with Crippen molar-refractivity contribution >= 4 is 11.6 Å². The Hall–Kier alpha value is -1.90. The van der Waals surface area contributed by atoms with Gasteiger partial charge in [-0.1, -0.05) is 76.2 Å². The summed E-state index contributed by atoms with van der Waals surface area (Å²) in [5.74, 6) is 0. The fraction of sp³-hybridized carbons (Fsp3) is 0.417. The van der Waals surface area contributed by atoms with E-state index in [4.69, 9.17) is 0 Å². The lowest BCUT2D eigenvalue weighted by Crippen LogP contribution is -2.45. The maximum atomic E-state index is 10.7. The van der Waals surface area contributed by atoms with Crippen LogP contribution in [-0.2, 0) is 17.4 Å². The van der Waals surface area contributed by atoms with Crippen LogP contribution >= 0.6 is 0 Å². The van der Waals surface area contributed by atoms with E-state index in [1.54, 1.807) is 0 Å². The molecule has 138 valence electrons. The van der Waals surface area contributed by atoms with Gasteiger partial charge in [0, 0.05) is 5.41 Å². The number of benzene rings is 2. The molecule has 1 aliphatic carbocycles. The Morgan fingerprint density at radius 1 is 1.04 bits per heavy atom. The van der Waals surface area contributed by atoms with Crippen LogP contribution in [0.2, 0.25) is 0 Å². The van der Waals surface area contributed by atoms with E-state index in [2.05, 4.69) is 58.9 Å². The van der Waals surface area contributed by atoms with Gasteiger partial charge in [-0.15, -0.1) is 0 Å². The van der Waals surface area contributed by atoms with Crippen LogP contribution < -0.4 is 0 Å². The largest absolute Gasteiger partial charge is 0.392 e. The van der Waals surface area contributed by atoms with Crippen LogP contribution in [0.25, 0.3) is 11.6 Å². The van der Waals surface area contributed by atoms with Gasteiger partial charge in [0.1, 0.15) is 0 Å². The standard InChI is InChI=1S/C24H30O2/c1-16(12-17-6-8-18(15-25)9-7-17)19-10-11-20-21(13-19)24(4,5)22(26)14-23(20,2)3/h6-13,22,25-26H,14-15H2,1-5H3/b16-12+/t22-/m0/s1. The van der Waals surface area contributed by atoms with Crippen molar-refractivity contribution in [1.29, 1.82) is 0 Å². The van der Waals surface area contributed by atoms with E-state index in [0.29, 0.717) is 0 Å². The van der Waals surface area contributed by atoms with Crippen LogP contribution in [0.4, 0.5) is 0 Å². The van der Waals surface area contributed by atoms with Crippen molar-refractivity contribution in [1.82, 2.24) is 0 Å². The van der Waals surface area contributed by atoms with E-state index in [9.17, 15) is 10.2 Å². The summed E-state index contributed by atoms with van der Waals surface area (Å²) >= 11 is 0. The number of allylic oxidation sites excluding steroid dienone is 1. The molecule has 2 heteroatoms. The molecule has 2 N–H and O–H groups in total. The summed E-state index contributed by atoms with van der Waals surface area (Å²) in [6.45, 7) is 10.9. The number of aliphatic hydroxyl groups is 2. The molecule has 1 atom stereocenters. The van der Waals surface area contributed by atoms with Crippen LogP contribution in [0.3, 0.4) is 0 Å². The lowest BCUT2D eigenvalue weighted by Gasteiger charge is -2.45. The molecule has 2 aromatic rings. The van der Waals surface area contributed by atoms with Crippen molar-refractivity contribution in [3.63, 3.8) is 0 Å². The predicted octanol–water partition coefficient (Wildman–Crippen LogP) is 5.06. The molecule has 0 saturated carbocycles. The van der Waals surface area contributed by atoms with E-state index in [0.717, 1.165) is 17.5 Å². The third-order valence-corrected chi connectivity index (χ3v) is 5.98. The number of aliphatic hydroxyl groups excluding tert-OH is 2. The summed E-state index contributed by atoms with van der Waals surface area (Å²) in [7, 11) is 0. The van der Waals surface area contributed by atoms with Crippen LogP contribution in [0.5, 0.6) is 0 Å². The fourth-order valence-electron chi connectivity index (χ4n) is 3.99. The van der Waals surface area contributed by atoms with Gasteiger partial charge in [0.25, 0.3) is 0 Å². The summed E-state index contributed by atoms with van der Waals surface area (Å²) in [5.41, 5.74) is 6.76. The van der Waals surface area contributed by atoms with Crippen LogP contribution in [0, 0.1) is 0 Å².